The highest BCUT2D eigenvalue weighted by Crippen LogP contribution is 2.32. The fourth-order valence-electron chi connectivity index (χ4n) is 4.06. The number of carbonyl (C=O) groups is 1. The number of para-hydroxylation sites is 2. The molecule has 1 aromatic heterocycles. The number of H-pyrrole nitrogens is 1. The highest BCUT2D eigenvalue weighted by molar-refractivity contribution is 5.96. The van der Waals surface area contributed by atoms with Crippen LogP contribution in [0.3, 0.4) is 0 Å². The maximum absolute atomic E-state index is 12.9. The Morgan fingerprint density at radius 3 is 2.87 bits per heavy atom. The Bertz CT molecular complexity index is 1200. The maximum atomic E-state index is 12.9. The number of imidazole rings is 1. The lowest BCUT2D eigenvalue weighted by Gasteiger charge is -2.25. The van der Waals surface area contributed by atoms with Crippen molar-refractivity contribution in [3.05, 3.63) is 83.4 Å². The second kappa shape index (κ2) is 7.76. The lowest BCUT2D eigenvalue weighted by atomic mass is 9.95. The number of aromatic nitrogens is 2. The number of aryl methyl sites for hydroxylation is 1. The van der Waals surface area contributed by atoms with Gasteiger partial charge in [-0.2, -0.15) is 0 Å². The maximum Gasteiger partial charge on any atom is 0.227 e. The lowest BCUT2D eigenvalue weighted by molar-refractivity contribution is -0.119. The standard InChI is InChI=1S/C25H23N3O2/c1-16-10-11-20(19(14-16)25-27-21-8-4-5-9-22(21)28-25)26-24(29)15-23-18-7-3-2-6-17(18)12-13-30-23/h2-11,14,23H,12-13,15H2,1H3,(H,26,29)(H,27,28)/t23-/m0/s1. The third kappa shape index (κ3) is 3.60. The quantitative estimate of drug-likeness (QED) is 0.499. The second-order valence-electron chi connectivity index (χ2n) is 7.71. The molecule has 1 aliphatic rings. The molecule has 5 heteroatoms. The molecule has 2 N–H and O–H groups in total. The molecule has 5 rings (SSSR count). The van der Waals surface area contributed by atoms with Gasteiger partial charge in [0.15, 0.2) is 0 Å². The van der Waals surface area contributed by atoms with E-state index >= 15 is 0 Å². The topological polar surface area (TPSA) is 67.0 Å². The van der Waals surface area contributed by atoms with Gasteiger partial charge in [0.05, 0.1) is 35.9 Å². The zero-order valence-electron chi connectivity index (χ0n) is 16.8. The van der Waals surface area contributed by atoms with Crippen LogP contribution in [-0.4, -0.2) is 22.5 Å². The Balaban J connectivity index is 1.41. The van der Waals surface area contributed by atoms with Gasteiger partial charge in [0.25, 0.3) is 0 Å². The Morgan fingerprint density at radius 1 is 1.13 bits per heavy atom. The Kier molecular flexibility index (Phi) is 4.81. The van der Waals surface area contributed by atoms with Crippen LogP contribution in [0, 0.1) is 6.92 Å². The van der Waals surface area contributed by atoms with Gasteiger partial charge in [-0.15, -0.1) is 0 Å². The largest absolute Gasteiger partial charge is 0.373 e. The number of ether oxygens (including phenoxy) is 1. The van der Waals surface area contributed by atoms with E-state index in [1.807, 2.05) is 61.5 Å². The number of carbonyl (C=O) groups excluding carboxylic acids is 1. The van der Waals surface area contributed by atoms with Gasteiger partial charge in [0.2, 0.25) is 5.91 Å². The van der Waals surface area contributed by atoms with Gasteiger partial charge in [-0.05, 0) is 48.7 Å². The van der Waals surface area contributed by atoms with E-state index in [2.05, 4.69) is 22.4 Å². The van der Waals surface area contributed by atoms with Crippen LogP contribution in [0.2, 0.25) is 0 Å². The molecular weight excluding hydrogens is 374 g/mol. The van der Waals surface area contributed by atoms with Gasteiger partial charge >= 0.3 is 0 Å². The summed E-state index contributed by atoms with van der Waals surface area (Å²) in [5.74, 6) is 0.673. The minimum Gasteiger partial charge on any atom is -0.373 e. The molecule has 150 valence electrons. The molecule has 1 atom stereocenters. The number of anilines is 1. The third-order valence-corrected chi connectivity index (χ3v) is 5.56. The van der Waals surface area contributed by atoms with Crippen LogP contribution in [0.5, 0.6) is 0 Å². The number of rotatable bonds is 4. The van der Waals surface area contributed by atoms with Gasteiger partial charge in [-0.25, -0.2) is 4.98 Å². The summed E-state index contributed by atoms with van der Waals surface area (Å²) in [6, 6.07) is 22.1. The highest BCUT2D eigenvalue weighted by atomic mass is 16.5. The van der Waals surface area contributed by atoms with Crippen LogP contribution in [0.4, 0.5) is 5.69 Å². The summed E-state index contributed by atoms with van der Waals surface area (Å²) >= 11 is 0. The molecule has 0 unspecified atom stereocenters. The SMILES string of the molecule is Cc1ccc(NC(=O)C[C@@H]2OCCc3ccccc32)c(-c2nc3ccccc3[nH]2)c1. The Hall–Kier alpha value is -3.44. The van der Waals surface area contributed by atoms with Gasteiger partial charge < -0.3 is 15.0 Å². The summed E-state index contributed by atoms with van der Waals surface area (Å²) in [5.41, 5.74) is 6.98. The van der Waals surface area contributed by atoms with Gasteiger partial charge in [0.1, 0.15) is 5.82 Å². The summed E-state index contributed by atoms with van der Waals surface area (Å²) in [7, 11) is 0. The number of nitrogens with zero attached hydrogens (tertiary/aromatic N) is 1. The number of hydrogen-bond donors (Lipinski definition) is 2. The monoisotopic (exact) mass is 397 g/mol. The average molecular weight is 397 g/mol. The third-order valence-electron chi connectivity index (χ3n) is 5.56. The van der Waals surface area contributed by atoms with Gasteiger partial charge in [-0.1, -0.05) is 48.0 Å². The van der Waals surface area contributed by atoms with E-state index in [0.717, 1.165) is 45.7 Å². The van der Waals surface area contributed by atoms with E-state index in [1.54, 1.807) is 0 Å². The number of fused-ring (bicyclic) bond motifs is 2. The van der Waals surface area contributed by atoms with E-state index in [-0.39, 0.29) is 18.4 Å². The van der Waals surface area contributed by atoms with Gasteiger partial charge in [-0.3, -0.25) is 4.79 Å². The molecule has 1 aliphatic heterocycles. The number of amides is 1. The van der Waals surface area contributed by atoms with E-state index in [4.69, 9.17) is 9.72 Å². The zero-order valence-corrected chi connectivity index (χ0v) is 16.8. The van der Waals surface area contributed by atoms with Crippen LogP contribution in [0.15, 0.2) is 66.7 Å². The molecule has 0 spiro atoms. The number of benzene rings is 3. The number of aromatic amines is 1. The summed E-state index contributed by atoms with van der Waals surface area (Å²) in [6.07, 6.45) is 0.961. The van der Waals surface area contributed by atoms with Crippen molar-refractivity contribution in [1.29, 1.82) is 0 Å². The van der Waals surface area contributed by atoms with E-state index in [1.165, 1.54) is 5.56 Å². The summed E-state index contributed by atoms with van der Waals surface area (Å²) < 4.78 is 5.91. The van der Waals surface area contributed by atoms with Crippen molar-refractivity contribution in [2.75, 3.05) is 11.9 Å². The average Bonchev–Trinajstić information content (AvgIpc) is 3.19. The van der Waals surface area contributed by atoms with Crippen molar-refractivity contribution in [2.45, 2.75) is 25.9 Å². The summed E-state index contributed by atoms with van der Waals surface area (Å²) in [4.78, 5) is 21.0. The van der Waals surface area contributed by atoms with Crippen LogP contribution >= 0.6 is 0 Å². The first-order valence-corrected chi connectivity index (χ1v) is 10.2. The molecule has 3 aromatic carbocycles. The molecule has 0 bridgehead atoms. The first-order valence-electron chi connectivity index (χ1n) is 10.2. The molecule has 4 aromatic rings. The van der Waals surface area contributed by atoms with E-state index in [0.29, 0.717) is 6.61 Å². The van der Waals surface area contributed by atoms with E-state index in [9.17, 15) is 4.79 Å². The fraction of sp³-hybridized carbons (Fsp3) is 0.200. The first-order chi connectivity index (χ1) is 14.7. The molecule has 0 saturated carbocycles. The smallest absolute Gasteiger partial charge is 0.227 e. The van der Waals surface area contributed by atoms with Crippen molar-refractivity contribution < 1.29 is 9.53 Å². The molecule has 0 fully saturated rings. The molecule has 0 radical (unpaired) electrons. The zero-order chi connectivity index (χ0) is 20.5. The van der Waals surface area contributed by atoms with Crippen molar-refractivity contribution in [2.24, 2.45) is 0 Å². The molecule has 0 saturated heterocycles. The predicted molar refractivity (Wildman–Crippen MR) is 118 cm³/mol. The Morgan fingerprint density at radius 2 is 1.97 bits per heavy atom. The number of nitrogens with one attached hydrogen (secondary N) is 2. The van der Waals surface area contributed by atoms with Crippen molar-refractivity contribution in [3.8, 4) is 11.4 Å². The molecular formula is C25H23N3O2. The normalized spacial score (nSPS) is 15.7. The van der Waals surface area contributed by atoms with Crippen molar-refractivity contribution in [1.82, 2.24) is 9.97 Å². The highest BCUT2D eigenvalue weighted by Gasteiger charge is 2.23. The fourth-order valence-corrected chi connectivity index (χ4v) is 4.06. The van der Waals surface area contributed by atoms with Crippen LogP contribution in [0.25, 0.3) is 22.4 Å². The molecule has 1 amide bonds. The Labute approximate surface area is 175 Å². The minimum atomic E-state index is -0.213. The van der Waals surface area contributed by atoms with E-state index < -0.39 is 0 Å². The van der Waals surface area contributed by atoms with Gasteiger partial charge in [0, 0.05) is 5.56 Å². The minimum absolute atomic E-state index is 0.0714. The molecule has 5 nitrogen and oxygen atoms in total. The summed E-state index contributed by atoms with van der Waals surface area (Å²) in [5, 5.41) is 3.08. The van der Waals surface area contributed by atoms with Crippen molar-refractivity contribution in [3.63, 3.8) is 0 Å². The molecule has 0 aliphatic carbocycles. The van der Waals surface area contributed by atoms with Crippen LogP contribution in [0.1, 0.15) is 29.2 Å². The van der Waals surface area contributed by atoms with Crippen LogP contribution < -0.4 is 5.32 Å². The number of hydrogen-bond acceptors (Lipinski definition) is 3. The second-order valence-corrected chi connectivity index (χ2v) is 7.71. The molecule has 2 heterocycles. The summed E-state index contributed by atoms with van der Waals surface area (Å²) in [6.45, 7) is 2.67. The first kappa shape index (κ1) is 18.6. The van der Waals surface area contributed by atoms with Crippen molar-refractivity contribution >= 4 is 22.6 Å². The van der Waals surface area contributed by atoms with Crippen LogP contribution in [-0.2, 0) is 16.0 Å². The lowest BCUT2D eigenvalue weighted by Crippen LogP contribution is -2.22. The predicted octanol–water partition coefficient (Wildman–Crippen LogP) is 5.18. The molecule has 30 heavy (non-hydrogen) atoms.